The summed E-state index contributed by atoms with van der Waals surface area (Å²) in [5.74, 6) is 1.08. The van der Waals surface area contributed by atoms with Gasteiger partial charge in [0.15, 0.2) is 11.5 Å². The van der Waals surface area contributed by atoms with E-state index in [0.717, 1.165) is 17.5 Å². The molecule has 22 heavy (non-hydrogen) atoms. The Morgan fingerprint density at radius 3 is 2.68 bits per heavy atom. The van der Waals surface area contributed by atoms with Crippen molar-refractivity contribution in [2.45, 2.75) is 30.9 Å². The molecule has 3 heterocycles. The van der Waals surface area contributed by atoms with Gasteiger partial charge in [0.25, 0.3) is 0 Å². The first-order valence-electron chi connectivity index (χ1n) is 7.35. The van der Waals surface area contributed by atoms with Crippen molar-refractivity contribution in [2.24, 2.45) is 0 Å². The Labute approximate surface area is 127 Å². The molecule has 3 aliphatic rings. The predicted octanol–water partition coefficient (Wildman–Crippen LogP) is 1.00. The molecule has 116 valence electrons. The molecule has 2 saturated heterocycles. The van der Waals surface area contributed by atoms with Crippen molar-refractivity contribution in [1.29, 1.82) is 0 Å². The third-order valence-corrected chi connectivity index (χ3v) is 5.04. The van der Waals surface area contributed by atoms with Crippen LogP contribution in [0.4, 0.5) is 0 Å². The van der Waals surface area contributed by atoms with Gasteiger partial charge in [0.05, 0.1) is 27.1 Å². The Balaban J connectivity index is 1.94. The molecule has 1 spiro atoms. The Bertz CT molecular complexity index is 685. The van der Waals surface area contributed by atoms with Crippen LogP contribution in [0.1, 0.15) is 24.0 Å². The minimum atomic E-state index is -0.665. The maximum Gasteiger partial charge on any atom is 0.309 e. The number of amides is 1. The highest BCUT2D eigenvalue weighted by Gasteiger charge is 2.62. The van der Waals surface area contributed by atoms with Crippen LogP contribution in [-0.4, -0.2) is 43.6 Å². The van der Waals surface area contributed by atoms with Crippen LogP contribution < -0.4 is 9.47 Å². The first-order chi connectivity index (χ1) is 10.6. The van der Waals surface area contributed by atoms with Crippen LogP contribution in [0.15, 0.2) is 12.1 Å². The van der Waals surface area contributed by atoms with Crippen LogP contribution in [-0.2, 0) is 26.3 Å². The van der Waals surface area contributed by atoms with Gasteiger partial charge in [0.1, 0.15) is 11.6 Å². The van der Waals surface area contributed by atoms with Crippen molar-refractivity contribution < 1.29 is 23.8 Å². The summed E-state index contributed by atoms with van der Waals surface area (Å²) in [6.07, 6.45) is 0.819. The van der Waals surface area contributed by atoms with E-state index in [-0.39, 0.29) is 24.7 Å². The van der Waals surface area contributed by atoms with E-state index in [1.807, 2.05) is 17.0 Å². The second kappa shape index (κ2) is 4.38. The Hall–Kier alpha value is -2.24. The normalized spacial score (nSPS) is 28.8. The van der Waals surface area contributed by atoms with Gasteiger partial charge in [-0.25, -0.2) is 0 Å². The highest BCUT2D eigenvalue weighted by molar-refractivity contribution is 5.87. The Morgan fingerprint density at radius 2 is 1.95 bits per heavy atom. The van der Waals surface area contributed by atoms with Gasteiger partial charge >= 0.3 is 5.97 Å². The number of hydrogen-bond donors (Lipinski definition) is 0. The molecule has 6 nitrogen and oxygen atoms in total. The van der Waals surface area contributed by atoms with Gasteiger partial charge in [0, 0.05) is 6.54 Å². The largest absolute Gasteiger partial charge is 0.493 e. The van der Waals surface area contributed by atoms with E-state index >= 15 is 0 Å². The smallest absolute Gasteiger partial charge is 0.309 e. The quantitative estimate of drug-likeness (QED) is 0.763. The Kier molecular flexibility index (Phi) is 2.67. The number of methoxy groups -OCH3 is 2. The molecule has 3 aliphatic heterocycles. The van der Waals surface area contributed by atoms with E-state index < -0.39 is 11.6 Å². The van der Waals surface area contributed by atoms with E-state index in [4.69, 9.17) is 14.2 Å². The maximum absolute atomic E-state index is 12.3. The fourth-order valence-electron chi connectivity index (χ4n) is 4.10. The number of nitrogens with zero attached hydrogens (tertiary/aromatic N) is 1. The van der Waals surface area contributed by atoms with Gasteiger partial charge in [-0.1, -0.05) is 0 Å². The molecule has 1 amide bonds. The van der Waals surface area contributed by atoms with Crippen molar-refractivity contribution >= 4 is 11.9 Å². The highest BCUT2D eigenvalue weighted by atomic mass is 16.6. The molecule has 0 N–H and O–H groups in total. The fraction of sp³-hybridized carbons (Fsp3) is 0.500. The number of ether oxygens (including phenoxy) is 3. The van der Waals surface area contributed by atoms with E-state index in [2.05, 4.69) is 0 Å². The summed E-state index contributed by atoms with van der Waals surface area (Å²) in [5.41, 5.74) is 1.38. The SMILES string of the molecule is COc1cc2c(cc1OC)[C@@]13CC(=O)O[C@@H]1CC(=O)N3CC2. The second-order valence-electron chi connectivity index (χ2n) is 5.94. The number of esters is 1. The molecule has 0 unspecified atom stereocenters. The average molecular weight is 303 g/mol. The molecule has 6 heteroatoms. The van der Waals surface area contributed by atoms with Crippen LogP contribution >= 0.6 is 0 Å². The number of carbonyl (C=O) groups is 2. The van der Waals surface area contributed by atoms with Crippen LogP contribution in [0, 0.1) is 0 Å². The van der Waals surface area contributed by atoms with E-state index in [1.165, 1.54) is 0 Å². The summed E-state index contributed by atoms with van der Waals surface area (Å²) in [7, 11) is 3.18. The third kappa shape index (κ3) is 1.50. The molecular formula is C16H17NO5. The summed E-state index contributed by atoms with van der Waals surface area (Å²) < 4.78 is 16.2. The standard InChI is InChI=1S/C16H17NO5/c1-20-11-5-9-3-4-17-14(18)7-13-16(17,8-15(19)22-13)10(9)6-12(11)21-2/h5-6,13H,3-4,7-8H2,1-2H3/t13-,16+/m1/s1. The minimum Gasteiger partial charge on any atom is -0.493 e. The predicted molar refractivity (Wildman–Crippen MR) is 75.8 cm³/mol. The van der Waals surface area contributed by atoms with Gasteiger partial charge in [-0.05, 0) is 29.7 Å². The summed E-state index contributed by atoms with van der Waals surface area (Å²) in [6, 6.07) is 3.84. The van der Waals surface area contributed by atoms with E-state index in [1.54, 1.807) is 14.2 Å². The topological polar surface area (TPSA) is 65.1 Å². The Morgan fingerprint density at radius 1 is 1.23 bits per heavy atom. The van der Waals surface area contributed by atoms with Crippen LogP contribution in [0.2, 0.25) is 0 Å². The molecule has 2 atom stereocenters. The van der Waals surface area contributed by atoms with Crippen molar-refractivity contribution in [3.05, 3.63) is 23.3 Å². The third-order valence-electron chi connectivity index (χ3n) is 5.04. The molecule has 0 aliphatic carbocycles. The number of hydrogen-bond acceptors (Lipinski definition) is 5. The summed E-state index contributed by atoms with van der Waals surface area (Å²) in [6.45, 7) is 0.606. The number of rotatable bonds is 2. The molecule has 0 bridgehead atoms. The zero-order valence-electron chi connectivity index (χ0n) is 12.5. The van der Waals surface area contributed by atoms with Gasteiger partial charge < -0.3 is 19.1 Å². The molecule has 0 radical (unpaired) electrons. The number of benzene rings is 1. The van der Waals surface area contributed by atoms with E-state index in [0.29, 0.717) is 18.0 Å². The first-order valence-corrected chi connectivity index (χ1v) is 7.35. The van der Waals surface area contributed by atoms with Gasteiger partial charge in [-0.15, -0.1) is 0 Å². The average Bonchev–Trinajstić information content (AvgIpc) is 2.95. The monoisotopic (exact) mass is 303 g/mol. The first kappa shape index (κ1) is 13.4. The summed E-state index contributed by atoms with van der Waals surface area (Å²) >= 11 is 0. The van der Waals surface area contributed by atoms with Crippen LogP contribution in [0.25, 0.3) is 0 Å². The zero-order valence-corrected chi connectivity index (χ0v) is 12.5. The van der Waals surface area contributed by atoms with Gasteiger partial charge in [-0.3, -0.25) is 9.59 Å². The fourth-order valence-corrected chi connectivity index (χ4v) is 4.10. The molecule has 0 saturated carbocycles. The lowest BCUT2D eigenvalue weighted by atomic mass is 9.77. The van der Waals surface area contributed by atoms with Gasteiger partial charge in [0.2, 0.25) is 5.91 Å². The lowest BCUT2D eigenvalue weighted by molar-refractivity contribution is -0.142. The molecule has 2 fully saturated rings. The lowest BCUT2D eigenvalue weighted by Crippen LogP contribution is -2.50. The minimum absolute atomic E-state index is 0.0536. The van der Waals surface area contributed by atoms with Crippen molar-refractivity contribution in [3.63, 3.8) is 0 Å². The molecule has 1 aromatic carbocycles. The van der Waals surface area contributed by atoms with Crippen molar-refractivity contribution in [1.82, 2.24) is 4.90 Å². The highest BCUT2D eigenvalue weighted by Crippen LogP contribution is 2.53. The number of carbonyl (C=O) groups excluding carboxylic acids is 2. The van der Waals surface area contributed by atoms with Gasteiger partial charge in [-0.2, -0.15) is 0 Å². The summed E-state index contributed by atoms with van der Waals surface area (Å²) in [4.78, 5) is 26.0. The zero-order chi connectivity index (χ0) is 15.5. The molecule has 0 aromatic heterocycles. The van der Waals surface area contributed by atoms with Crippen molar-refractivity contribution in [3.8, 4) is 11.5 Å². The van der Waals surface area contributed by atoms with Crippen LogP contribution in [0.3, 0.4) is 0 Å². The number of fused-ring (bicyclic) bond motifs is 1. The molecular weight excluding hydrogens is 286 g/mol. The van der Waals surface area contributed by atoms with E-state index in [9.17, 15) is 9.59 Å². The maximum atomic E-state index is 12.3. The second-order valence-corrected chi connectivity index (χ2v) is 5.94. The molecule has 4 rings (SSSR count). The van der Waals surface area contributed by atoms with Crippen molar-refractivity contribution in [2.75, 3.05) is 20.8 Å². The van der Waals surface area contributed by atoms with Crippen LogP contribution in [0.5, 0.6) is 11.5 Å². The lowest BCUT2D eigenvalue weighted by Gasteiger charge is -2.42. The molecule has 1 aromatic rings. The summed E-state index contributed by atoms with van der Waals surface area (Å²) in [5, 5.41) is 0.